The number of carbonyl (C=O) groups excluding carboxylic acids is 1. The third-order valence-corrected chi connectivity index (χ3v) is 3.55. The highest BCUT2D eigenvalue weighted by Gasteiger charge is 2.17. The number of ether oxygens (including phenoxy) is 2. The molecule has 0 atom stereocenters. The molecule has 122 valence electrons. The number of H-pyrrole nitrogens is 1. The Hall–Kier alpha value is -2.61. The van der Waals surface area contributed by atoms with Gasteiger partial charge in [-0.1, -0.05) is 18.2 Å². The molecular formula is C15H19N5O3. The first kappa shape index (κ1) is 15.3. The zero-order chi connectivity index (χ0) is 15.9. The highest BCUT2D eigenvalue weighted by Crippen LogP contribution is 2.19. The molecule has 1 saturated heterocycles. The van der Waals surface area contributed by atoms with Gasteiger partial charge in [0.1, 0.15) is 12.1 Å². The normalized spacial score (nSPS) is 14.5. The number of hydrogen-bond acceptors (Lipinski definition) is 6. The Morgan fingerprint density at radius 2 is 2.17 bits per heavy atom. The Kier molecular flexibility index (Phi) is 5.05. The fourth-order valence-electron chi connectivity index (χ4n) is 2.30. The van der Waals surface area contributed by atoms with E-state index in [0.717, 1.165) is 5.56 Å². The molecule has 2 heterocycles. The van der Waals surface area contributed by atoms with E-state index in [1.807, 2.05) is 24.3 Å². The molecule has 1 fully saturated rings. The first-order chi connectivity index (χ1) is 11.3. The fourth-order valence-corrected chi connectivity index (χ4v) is 2.30. The van der Waals surface area contributed by atoms with Crippen molar-refractivity contribution in [2.45, 2.75) is 6.54 Å². The molecule has 23 heavy (non-hydrogen) atoms. The van der Waals surface area contributed by atoms with Crippen molar-refractivity contribution in [1.82, 2.24) is 20.1 Å². The highest BCUT2D eigenvalue weighted by molar-refractivity contribution is 5.77. The molecule has 1 aliphatic heterocycles. The average Bonchev–Trinajstić information content (AvgIpc) is 3.13. The number of rotatable bonds is 6. The van der Waals surface area contributed by atoms with Crippen LogP contribution in [0, 0.1) is 0 Å². The maximum atomic E-state index is 12.1. The lowest BCUT2D eigenvalue weighted by atomic mass is 10.2. The quantitative estimate of drug-likeness (QED) is 0.813. The SMILES string of the molecule is O=C(COc1ccccc1CNc1ncn[nH]1)N1CCOCC1. The van der Waals surface area contributed by atoms with Gasteiger partial charge in [-0.05, 0) is 6.07 Å². The number of nitrogens with zero attached hydrogens (tertiary/aromatic N) is 3. The van der Waals surface area contributed by atoms with Crippen LogP contribution in [-0.2, 0) is 16.1 Å². The summed E-state index contributed by atoms with van der Waals surface area (Å²) in [6.07, 6.45) is 1.44. The average molecular weight is 317 g/mol. The number of aromatic amines is 1. The van der Waals surface area contributed by atoms with Crippen LogP contribution < -0.4 is 10.1 Å². The zero-order valence-electron chi connectivity index (χ0n) is 12.7. The van der Waals surface area contributed by atoms with Crippen LogP contribution in [0.25, 0.3) is 0 Å². The van der Waals surface area contributed by atoms with Crippen LogP contribution in [0.1, 0.15) is 5.56 Å². The minimum absolute atomic E-state index is 0.0219. The molecule has 8 nitrogen and oxygen atoms in total. The van der Waals surface area contributed by atoms with Crippen LogP contribution in [-0.4, -0.2) is 58.9 Å². The van der Waals surface area contributed by atoms with Gasteiger partial charge in [-0.3, -0.25) is 4.79 Å². The van der Waals surface area contributed by atoms with E-state index in [2.05, 4.69) is 20.5 Å². The third-order valence-electron chi connectivity index (χ3n) is 3.55. The first-order valence-corrected chi connectivity index (χ1v) is 7.48. The second kappa shape index (κ2) is 7.59. The lowest BCUT2D eigenvalue weighted by Crippen LogP contribution is -2.43. The fraction of sp³-hybridized carbons (Fsp3) is 0.400. The van der Waals surface area contributed by atoms with Crippen molar-refractivity contribution < 1.29 is 14.3 Å². The summed E-state index contributed by atoms with van der Waals surface area (Å²) in [7, 11) is 0. The molecule has 1 aliphatic rings. The van der Waals surface area contributed by atoms with Crippen LogP contribution in [0.2, 0.25) is 0 Å². The van der Waals surface area contributed by atoms with Crippen molar-refractivity contribution >= 4 is 11.9 Å². The molecule has 2 N–H and O–H groups in total. The lowest BCUT2D eigenvalue weighted by Gasteiger charge is -2.26. The molecule has 2 aromatic rings. The Labute approximate surface area is 133 Å². The number of morpholine rings is 1. The topological polar surface area (TPSA) is 92.4 Å². The lowest BCUT2D eigenvalue weighted by molar-refractivity contribution is -0.137. The molecule has 0 bridgehead atoms. The van der Waals surface area contributed by atoms with Gasteiger partial charge in [-0.25, -0.2) is 10.1 Å². The van der Waals surface area contributed by atoms with Crippen molar-refractivity contribution in [3.05, 3.63) is 36.2 Å². The molecule has 0 saturated carbocycles. The van der Waals surface area contributed by atoms with E-state index in [1.54, 1.807) is 4.90 Å². The summed E-state index contributed by atoms with van der Waals surface area (Å²) in [5.74, 6) is 1.25. The number of benzene rings is 1. The van der Waals surface area contributed by atoms with E-state index in [9.17, 15) is 4.79 Å². The van der Waals surface area contributed by atoms with Crippen molar-refractivity contribution in [2.24, 2.45) is 0 Å². The maximum Gasteiger partial charge on any atom is 0.260 e. The zero-order valence-corrected chi connectivity index (χ0v) is 12.7. The summed E-state index contributed by atoms with van der Waals surface area (Å²) in [6, 6.07) is 7.60. The molecule has 8 heteroatoms. The van der Waals surface area contributed by atoms with Crippen LogP contribution in [0.15, 0.2) is 30.6 Å². The van der Waals surface area contributed by atoms with Crippen molar-refractivity contribution in [3.63, 3.8) is 0 Å². The molecule has 3 rings (SSSR count). The van der Waals surface area contributed by atoms with Gasteiger partial charge in [-0.2, -0.15) is 5.10 Å². The molecular weight excluding hydrogens is 298 g/mol. The molecule has 1 amide bonds. The van der Waals surface area contributed by atoms with E-state index in [1.165, 1.54) is 6.33 Å². The Balaban J connectivity index is 1.55. The largest absolute Gasteiger partial charge is 0.483 e. The monoisotopic (exact) mass is 317 g/mol. The second-order valence-corrected chi connectivity index (χ2v) is 5.08. The number of hydrogen-bond donors (Lipinski definition) is 2. The first-order valence-electron chi connectivity index (χ1n) is 7.48. The van der Waals surface area contributed by atoms with E-state index >= 15 is 0 Å². The van der Waals surface area contributed by atoms with E-state index < -0.39 is 0 Å². The van der Waals surface area contributed by atoms with E-state index in [-0.39, 0.29) is 12.5 Å². The van der Waals surface area contributed by atoms with Crippen LogP contribution in [0.4, 0.5) is 5.95 Å². The van der Waals surface area contributed by atoms with Crippen molar-refractivity contribution in [3.8, 4) is 5.75 Å². The van der Waals surface area contributed by atoms with Gasteiger partial charge in [0, 0.05) is 25.2 Å². The molecule has 0 radical (unpaired) electrons. The number of nitrogens with one attached hydrogen (secondary N) is 2. The van der Waals surface area contributed by atoms with Crippen LogP contribution >= 0.6 is 0 Å². The summed E-state index contributed by atoms with van der Waals surface area (Å²) in [5.41, 5.74) is 0.943. The van der Waals surface area contributed by atoms with Crippen LogP contribution in [0.3, 0.4) is 0 Å². The highest BCUT2D eigenvalue weighted by atomic mass is 16.5. The number of carbonyl (C=O) groups is 1. The van der Waals surface area contributed by atoms with Gasteiger partial charge in [0.05, 0.1) is 13.2 Å². The maximum absolute atomic E-state index is 12.1. The van der Waals surface area contributed by atoms with Gasteiger partial charge in [0.25, 0.3) is 5.91 Å². The Morgan fingerprint density at radius 1 is 1.35 bits per heavy atom. The summed E-state index contributed by atoms with van der Waals surface area (Å²) < 4.78 is 10.9. The summed E-state index contributed by atoms with van der Waals surface area (Å²) >= 11 is 0. The van der Waals surface area contributed by atoms with Gasteiger partial charge >= 0.3 is 0 Å². The number of para-hydroxylation sites is 1. The van der Waals surface area contributed by atoms with Crippen molar-refractivity contribution in [2.75, 3.05) is 38.2 Å². The molecule has 1 aromatic carbocycles. The summed E-state index contributed by atoms with van der Waals surface area (Å²) in [6.45, 7) is 2.97. The Morgan fingerprint density at radius 3 is 2.96 bits per heavy atom. The molecule has 1 aromatic heterocycles. The van der Waals surface area contributed by atoms with Gasteiger partial charge in [0.15, 0.2) is 6.61 Å². The summed E-state index contributed by atoms with van der Waals surface area (Å²) in [5, 5.41) is 9.62. The predicted molar refractivity (Wildman–Crippen MR) is 83.0 cm³/mol. The smallest absolute Gasteiger partial charge is 0.260 e. The standard InChI is InChI=1S/C15H19N5O3/c21-14(20-5-7-22-8-6-20)10-23-13-4-2-1-3-12(13)9-16-15-17-11-18-19-15/h1-4,11H,5-10H2,(H2,16,17,18,19). The van der Waals surface area contributed by atoms with Crippen LogP contribution in [0.5, 0.6) is 5.75 Å². The minimum Gasteiger partial charge on any atom is -0.483 e. The van der Waals surface area contributed by atoms with E-state index in [4.69, 9.17) is 9.47 Å². The Bertz CT molecular complexity index is 626. The summed E-state index contributed by atoms with van der Waals surface area (Å²) in [4.78, 5) is 17.9. The molecule has 0 unspecified atom stereocenters. The third kappa shape index (κ3) is 4.19. The number of anilines is 1. The van der Waals surface area contributed by atoms with Gasteiger partial charge in [-0.15, -0.1) is 0 Å². The van der Waals surface area contributed by atoms with Gasteiger partial charge in [0.2, 0.25) is 5.95 Å². The predicted octanol–water partition coefficient (Wildman–Crippen LogP) is 0.654. The minimum atomic E-state index is -0.0219. The van der Waals surface area contributed by atoms with Crippen molar-refractivity contribution in [1.29, 1.82) is 0 Å². The van der Waals surface area contributed by atoms with E-state index in [0.29, 0.717) is 44.5 Å². The number of amides is 1. The number of aromatic nitrogens is 3. The van der Waals surface area contributed by atoms with Gasteiger partial charge < -0.3 is 19.7 Å². The second-order valence-electron chi connectivity index (χ2n) is 5.08. The molecule has 0 spiro atoms. The molecule has 0 aliphatic carbocycles.